The molecule has 0 saturated carbocycles. The van der Waals surface area contributed by atoms with Crippen LogP contribution in [0, 0.1) is 0 Å². The number of aromatic nitrogens is 2. The zero-order chi connectivity index (χ0) is 21.0. The molecule has 7 nitrogen and oxygen atoms in total. The first kappa shape index (κ1) is 20.4. The molecule has 3 aromatic rings. The van der Waals surface area contributed by atoms with Crippen LogP contribution in [0.4, 0.5) is 22.2 Å². The fraction of sp³-hybridized carbons (Fsp3) is 0.190. The number of amides is 2. The van der Waals surface area contributed by atoms with Crippen LogP contribution in [0.25, 0.3) is 11.1 Å². The zero-order valence-electron chi connectivity index (χ0n) is 16.2. The number of nitrogens with two attached hydrogens (primary N) is 2. The van der Waals surface area contributed by atoms with Crippen molar-refractivity contribution in [2.24, 2.45) is 0 Å². The number of anilines is 3. The number of hydrogen-bond donors (Lipinski definition) is 4. The number of halogens is 1. The lowest BCUT2D eigenvalue weighted by Gasteiger charge is -2.16. The van der Waals surface area contributed by atoms with E-state index in [0.29, 0.717) is 22.9 Å². The van der Waals surface area contributed by atoms with Crippen LogP contribution in [0.5, 0.6) is 0 Å². The van der Waals surface area contributed by atoms with Gasteiger partial charge in [-0.25, -0.2) is 9.78 Å². The van der Waals surface area contributed by atoms with Crippen molar-refractivity contribution in [1.82, 2.24) is 15.3 Å². The normalized spacial score (nSPS) is 11.7. The maximum absolute atomic E-state index is 12.3. The van der Waals surface area contributed by atoms with Crippen LogP contribution in [-0.2, 0) is 6.42 Å². The highest BCUT2D eigenvalue weighted by atomic mass is 35.5. The molecule has 1 atom stereocenters. The maximum Gasteiger partial charge on any atom is 0.319 e. The smallest absolute Gasteiger partial charge is 0.319 e. The average molecular weight is 411 g/mol. The molecule has 0 radical (unpaired) electrons. The summed E-state index contributed by atoms with van der Waals surface area (Å²) < 4.78 is 0. The minimum atomic E-state index is -0.301. The molecule has 0 aliphatic rings. The van der Waals surface area contributed by atoms with Gasteiger partial charge in [0.1, 0.15) is 5.82 Å². The molecule has 0 bridgehead atoms. The number of nitrogens with one attached hydrogen (secondary N) is 2. The first-order valence-corrected chi connectivity index (χ1v) is 9.60. The molecule has 6 N–H and O–H groups in total. The monoisotopic (exact) mass is 410 g/mol. The third kappa shape index (κ3) is 4.94. The van der Waals surface area contributed by atoms with Crippen molar-refractivity contribution in [3.05, 3.63) is 64.8 Å². The lowest BCUT2D eigenvalue weighted by molar-refractivity contribution is 0.249. The lowest BCUT2D eigenvalue weighted by atomic mass is 10.0. The van der Waals surface area contributed by atoms with Crippen LogP contribution in [-0.4, -0.2) is 16.0 Å². The molecule has 1 unspecified atom stereocenters. The SMILES string of the molecule is CCc1nc(N)nc(N)c1-c1ccc(NC(=O)NC(C)c2ccc(Cl)cc2)cc1. The quantitative estimate of drug-likeness (QED) is 0.496. The summed E-state index contributed by atoms with van der Waals surface area (Å²) in [6, 6.07) is 14.2. The van der Waals surface area contributed by atoms with Crippen molar-refractivity contribution in [3.63, 3.8) is 0 Å². The van der Waals surface area contributed by atoms with E-state index in [1.165, 1.54) is 0 Å². The first-order valence-electron chi connectivity index (χ1n) is 9.22. The second kappa shape index (κ2) is 8.79. The van der Waals surface area contributed by atoms with Gasteiger partial charge in [0.2, 0.25) is 5.95 Å². The standard InChI is InChI=1S/C21H23ClN6O/c1-3-17-18(19(23)28-20(24)27-17)14-6-10-16(11-7-14)26-21(29)25-12(2)13-4-8-15(22)9-5-13/h4-12H,3H2,1-2H3,(H2,25,26,29)(H4,23,24,27,28). The summed E-state index contributed by atoms with van der Waals surface area (Å²) in [5.41, 5.74) is 15.8. The summed E-state index contributed by atoms with van der Waals surface area (Å²) in [5, 5.41) is 6.38. The van der Waals surface area contributed by atoms with Gasteiger partial charge < -0.3 is 22.1 Å². The van der Waals surface area contributed by atoms with E-state index < -0.39 is 0 Å². The summed E-state index contributed by atoms with van der Waals surface area (Å²) in [7, 11) is 0. The summed E-state index contributed by atoms with van der Waals surface area (Å²) in [4.78, 5) is 20.6. The Balaban J connectivity index is 1.69. The number of nitrogen functional groups attached to an aromatic ring is 2. The van der Waals surface area contributed by atoms with Gasteiger partial charge in [0.05, 0.1) is 11.7 Å². The highest BCUT2D eigenvalue weighted by Crippen LogP contribution is 2.29. The number of aryl methyl sites for hydroxylation is 1. The number of urea groups is 1. The maximum atomic E-state index is 12.3. The first-order chi connectivity index (χ1) is 13.9. The van der Waals surface area contributed by atoms with E-state index in [4.69, 9.17) is 23.1 Å². The summed E-state index contributed by atoms with van der Waals surface area (Å²) in [6.07, 6.45) is 0.678. The second-order valence-electron chi connectivity index (χ2n) is 6.59. The Kier molecular flexibility index (Phi) is 6.19. The number of benzene rings is 2. The van der Waals surface area contributed by atoms with Crippen molar-refractivity contribution >= 4 is 35.1 Å². The number of rotatable bonds is 5. The third-order valence-corrected chi connectivity index (χ3v) is 4.77. The van der Waals surface area contributed by atoms with Gasteiger partial charge in [0, 0.05) is 16.3 Å². The molecule has 3 rings (SSSR count). The number of carbonyl (C=O) groups is 1. The Labute approximate surface area is 174 Å². The fourth-order valence-electron chi connectivity index (χ4n) is 3.04. The van der Waals surface area contributed by atoms with Gasteiger partial charge in [-0.15, -0.1) is 0 Å². The summed E-state index contributed by atoms with van der Waals surface area (Å²) in [5.74, 6) is 0.498. The lowest BCUT2D eigenvalue weighted by Crippen LogP contribution is -2.31. The Morgan fingerprint density at radius 3 is 2.34 bits per heavy atom. The predicted molar refractivity (Wildman–Crippen MR) is 118 cm³/mol. The molecule has 0 aliphatic heterocycles. The zero-order valence-corrected chi connectivity index (χ0v) is 17.0. The van der Waals surface area contributed by atoms with Gasteiger partial charge in [-0.1, -0.05) is 42.8 Å². The van der Waals surface area contributed by atoms with Crippen molar-refractivity contribution in [2.45, 2.75) is 26.3 Å². The van der Waals surface area contributed by atoms with E-state index in [-0.39, 0.29) is 18.0 Å². The minimum Gasteiger partial charge on any atom is -0.383 e. The molecule has 2 amide bonds. The molecular weight excluding hydrogens is 388 g/mol. The average Bonchev–Trinajstić information content (AvgIpc) is 2.68. The highest BCUT2D eigenvalue weighted by Gasteiger charge is 2.13. The van der Waals surface area contributed by atoms with Crippen LogP contribution >= 0.6 is 11.6 Å². The van der Waals surface area contributed by atoms with Gasteiger partial charge in [-0.3, -0.25) is 0 Å². The number of carbonyl (C=O) groups excluding carboxylic acids is 1. The van der Waals surface area contributed by atoms with Crippen molar-refractivity contribution < 1.29 is 4.79 Å². The van der Waals surface area contributed by atoms with E-state index in [2.05, 4.69) is 20.6 Å². The van der Waals surface area contributed by atoms with Crippen molar-refractivity contribution in [3.8, 4) is 11.1 Å². The van der Waals surface area contributed by atoms with Gasteiger partial charge in [0.15, 0.2) is 0 Å². The minimum absolute atomic E-state index is 0.160. The van der Waals surface area contributed by atoms with Crippen LogP contribution in [0.3, 0.4) is 0 Å². The topological polar surface area (TPSA) is 119 Å². The Morgan fingerprint density at radius 2 is 1.72 bits per heavy atom. The Bertz CT molecular complexity index is 1000. The largest absolute Gasteiger partial charge is 0.383 e. The molecule has 1 aromatic heterocycles. The molecule has 2 aromatic carbocycles. The third-order valence-electron chi connectivity index (χ3n) is 4.51. The molecular formula is C21H23ClN6O. The highest BCUT2D eigenvalue weighted by molar-refractivity contribution is 6.30. The molecule has 150 valence electrons. The van der Waals surface area contributed by atoms with Gasteiger partial charge in [-0.05, 0) is 48.7 Å². The van der Waals surface area contributed by atoms with Crippen molar-refractivity contribution in [1.29, 1.82) is 0 Å². The van der Waals surface area contributed by atoms with Crippen molar-refractivity contribution in [2.75, 3.05) is 16.8 Å². The number of hydrogen-bond acceptors (Lipinski definition) is 5. The molecule has 0 saturated heterocycles. The van der Waals surface area contributed by atoms with Gasteiger partial charge in [-0.2, -0.15) is 4.98 Å². The predicted octanol–water partition coefficient (Wildman–Crippen LogP) is 4.41. The number of nitrogens with zero attached hydrogens (tertiary/aromatic N) is 2. The van der Waals surface area contributed by atoms with E-state index in [1.54, 1.807) is 24.3 Å². The Morgan fingerprint density at radius 1 is 1.07 bits per heavy atom. The summed E-state index contributed by atoms with van der Waals surface area (Å²) >= 11 is 5.90. The summed E-state index contributed by atoms with van der Waals surface area (Å²) in [6.45, 7) is 3.88. The van der Waals surface area contributed by atoms with Gasteiger partial charge in [0.25, 0.3) is 0 Å². The van der Waals surface area contributed by atoms with Crippen LogP contribution in [0.2, 0.25) is 5.02 Å². The molecule has 1 heterocycles. The van der Waals surface area contributed by atoms with E-state index in [9.17, 15) is 4.79 Å². The molecule has 29 heavy (non-hydrogen) atoms. The van der Waals surface area contributed by atoms with Gasteiger partial charge >= 0.3 is 6.03 Å². The molecule has 0 fully saturated rings. The van der Waals surface area contributed by atoms with Crippen LogP contribution in [0.1, 0.15) is 31.1 Å². The molecule has 0 aliphatic carbocycles. The van der Waals surface area contributed by atoms with Crippen LogP contribution < -0.4 is 22.1 Å². The second-order valence-corrected chi connectivity index (χ2v) is 7.03. The van der Waals surface area contributed by atoms with E-state index in [0.717, 1.165) is 22.4 Å². The van der Waals surface area contributed by atoms with Crippen LogP contribution in [0.15, 0.2) is 48.5 Å². The van der Waals surface area contributed by atoms with E-state index in [1.807, 2.05) is 38.1 Å². The molecule has 0 spiro atoms. The van der Waals surface area contributed by atoms with E-state index >= 15 is 0 Å². The molecule has 8 heteroatoms. The fourth-order valence-corrected chi connectivity index (χ4v) is 3.16. The Hall–Kier alpha value is -3.32.